The summed E-state index contributed by atoms with van der Waals surface area (Å²) in [5.41, 5.74) is 0.960. The molecule has 1 saturated carbocycles. The van der Waals surface area contributed by atoms with Gasteiger partial charge in [-0.1, -0.05) is 11.3 Å². The molecule has 4 heterocycles. The van der Waals surface area contributed by atoms with Crippen molar-refractivity contribution in [3.63, 3.8) is 0 Å². The zero-order valence-electron chi connectivity index (χ0n) is 18.4. The highest BCUT2D eigenvalue weighted by Gasteiger charge is 2.41. The molecule has 0 spiro atoms. The van der Waals surface area contributed by atoms with Gasteiger partial charge in [-0.15, -0.1) is 10.2 Å². The minimum absolute atomic E-state index is 0.0920. The number of hydrogen-bond acceptors (Lipinski definition) is 8. The number of anilines is 1. The van der Waals surface area contributed by atoms with E-state index < -0.39 is 27.0 Å². The molecule has 1 aliphatic heterocycles. The Morgan fingerprint density at radius 3 is 2.73 bits per heavy atom. The van der Waals surface area contributed by atoms with Crippen molar-refractivity contribution in [3.05, 3.63) is 23.5 Å². The standard InChI is InChI=1S/C20H25F2N7O2S2/c1-11-12(2)28(7-6-23-11)14-8-13(33(30,31)27-20(3)4-5-20)10-29-15(14)9-24-17(29)19-26-25-18(32-19)16(21)22/h8-12,16,23,27H,4-7H2,1-3H3/t11-,12-/m0/s1. The number of nitrogens with zero attached hydrogens (tertiary/aromatic N) is 5. The van der Waals surface area contributed by atoms with Gasteiger partial charge in [0.05, 0.1) is 17.4 Å². The van der Waals surface area contributed by atoms with Crippen molar-refractivity contribution in [3.8, 4) is 10.8 Å². The average molecular weight is 498 g/mol. The first-order chi connectivity index (χ1) is 15.6. The van der Waals surface area contributed by atoms with Gasteiger partial charge in [-0.05, 0) is 39.7 Å². The van der Waals surface area contributed by atoms with Crippen LogP contribution in [0.3, 0.4) is 0 Å². The minimum Gasteiger partial charge on any atom is -0.364 e. The molecule has 1 aliphatic carbocycles. The summed E-state index contributed by atoms with van der Waals surface area (Å²) in [4.78, 5) is 6.67. The molecule has 9 nitrogen and oxygen atoms in total. The maximum atomic E-state index is 13.3. The Labute approximate surface area is 194 Å². The number of aromatic nitrogens is 4. The zero-order valence-corrected chi connectivity index (χ0v) is 20.1. The number of pyridine rings is 1. The Bertz CT molecular complexity index is 1300. The fourth-order valence-corrected chi connectivity index (χ4v) is 6.25. The van der Waals surface area contributed by atoms with E-state index >= 15 is 0 Å². The molecule has 3 aromatic heterocycles. The third kappa shape index (κ3) is 4.11. The second kappa shape index (κ2) is 7.93. The SMILES string of the molecule is C[C@@H]1NCCN(c2cc(S(=O)(=O)NC3(C)CC3)cn3c(-c4nnc(C(F)F)s4)ncc23)[C@H]1C. The van der Waals surface area contributed by atoms with E-state index in [1.165, 1.54) is 6.20 Å². The van der Waals surface area contributed by atoms with Crippen LogP contribution in [-0.2, 0) is 10.0 Å². The molecule has 0 aromatic carbocycles. The lowest BCUT2D eigenvalue weighted by molar-refractivity contribution is 0.150. The van der Waals surface area contributed by atoms with Gasteiger partial charge >= 0.3 is 0 Å². The van der Waals surface area contributed by atoms with Crippen LogP contribution in [0.1, 0.15) is 45.0 Å². The summed E-state index contributed by atoms with van der Waals surface area (Å²) in [7, 11) is -3.82. The predicted molar refractivity (Wildman–Crippen MR) is 121 cm³/mol. The second-order valence-corrected chi connectivity index (χ2v) is 11.7. The molecule has 2 fully saturated rings. The quantitative estimate of drug-likeness (QED) is 0.540. The van der Waals surface area contributed by atoms with E-state index in [0.29, 0.717) is 12.1 Å². The summed E-state index contributed by atoms with van der Waals surface area (Å²) in [5, 5.41) is 10.7. The summed E-state index contributed by atoms with van der Waals surface area (Å²) >= 11 is 0.745. The lowest BCUT2D eigenvalue weighted by Gasteiger charge is -2.40. The van der Waals surface area contributed by atoms with Crippen molar-refractivity contribution in [2.75, 3.05) is 18.0 Å². The first kappa shape index (κ1) is 22.6. The molecular formula is C20H25F2N7O2S2. The van der Waals surface area contributed by atoms with Crippen molar-refractivity contribution in [1.29, 1.82) is 0 Å². The Morgan fingerprint density at radius 1 is 1.30 bits per heavy atom. The Balaban J connectivity index is 1.68. The topological polar surface area (TPSA) is 105 Å². The number of alkyl halides is 2. The number of halogens is 2. The van der Waals surface area contributed by atoms with Crippen molar-refractivity contribution in [2.24, 2.45) is 0 Å². The smallest absolute Gasteiger partial charge is 0.291 e. The largest absolute Gasteiger partial charge is 0.364 e. The van der Waals surface area contributed by atoms with E-state index in [0.717, 1.165) is 36.4 Å². The van der Waals surface area contributed by atoms with E-state index in [9.17, 15) is 17.2 Å². The van der Waals surface area contributed by atoms with Crippen LogP contribution in [0.2, 0.25) is 0 Å². The Hall–Kier alpha value is -2.22. The van der Waals surface area contributed by atoms with Gasteiger partial charge in [0.1, 0.15) is 4.90 Å². The molecule has 0 bridgehead atoms. The molecule has 0 amide bonds. The molecule has 2 aliphatic rings. The number of fused-ring (bicyclic) bond motifs is 1. The molecule has 0 radical (unpaired) electrons. The summed E-state index contributed by atoms with van der Waals surface area (Å²) in [6, 6.07) is 1.97. The summed E-state index contributed by atoms with van der Waals surface area (Å²) in [6.07, 6.45) is 1.94. The van der Waals surface area contributed by atoms with E-state index in [2.05, 4.69) is 44.0 Å². The molecular weight excluding hydrogens is 472 g/mol. The van der Waals surface area contributed by atoms with Crippen LogP contribution in [0.4, 0.5) is 14.5 Å². The van der Waals surface area contributed by atoms with Crippen molar-refractivity contribution in [2.45, 2.75) is 62.6 Å². The van der Waals surface area contributed by atoms with Crippen molar-refractivity contribution < 1.29 is 17.2 Å². The summed E-state index contributed by atoms with van der Waals surface area (Å²) < 4.78 is 57.1. The van der Waals surface area contributed by atoms with Gasteiger partial charge < -0.3 is 10.2 Å². The van der Waals surface area contributed by atoms with Crippen LogP contribution >= 0.6 is 11.3 Å². The Kier molecular flexibility index (Phi) is 5.42. The summed E-state index contributed by atoms with van der Waals surface area (Å²) in [6.45, 7) is 7.47. The normalized spacial score (nSPS) is 22.9. The molecule has 5 rings (SSSR count). The fraction of sp³-hybridized carbons (Fsp3) is 0.550. The van der Waals surface area contributed by atoms with Crippen LogP contribution < -0.4 is 14.9 Å². The number of nitrogens with one attached hydrogen (secondary N) is 2. The van der Waals surface area contributed by atoms with E-state index in [-0.39, 0.29) is 27.8 Å². The number of hydrogen-bond donors (Lipinski definition) is 2. The number of sulfonamides is 1. The first-order valence-corrected chi connectivity index (χ1v) is 13.0. The number of piperazine rings is 1. The maximum Gasteiger partial charge on any atom is 0.291 e. The summed E-state index contributed by atoms with van der Waals surface area (Å²) in [5.74, 6) is 0.279. The van der Waals surface area contributed by atoms with Gasteiger partial charge in [-0.2, -0.15) is 0 Å². The number of imidazole rings is 1. The van der Waals surface area contributed by atoms with Gasteiger partial charge in [0.2, 0.25) is 10.0 Å². The maximum absolute atomic E-state index is 13.3. The highest BCUT2D eigenvalue weighted by molar-refractivity contribution is 7.89. The molecule has 33 heavy (non-hydrogen) atoms. The van der Waals surface area contributed by atoms with Crippen LogP contribution in [0.5, 0.6) is 0 Å². The molecule has 178 valence electrons. The molecule has 2 atom stereocenters. The third-order valence-electron chi connectivity index (χ3n) is 6.45. The van der Waals surface area contributed by atoms with E-state index in [1.54, 1.807) is 16.7 Å². The van der Waals surface area contributed by atoms with E-state index in [1.807, 2.05) is 6.92 Å². The fourth-order valence-electron chi connectivity index (χ4n) is 4.07. The first-order valence-electron chi connectivity index (χ1n) is 10.7. The zero-order chi connectivity index (χ0) is 23.5. The highest BCUT2D eigenvalue weighted by Crippen LogP contribution is 2.38. The van der Waals surface area contributed by atoms with Gasteiger partial charge in [0.25, 0.3) is 6.43 Å². The van der Waals surface area contributed by atoms with Crippen LogP contribution in [0.15, 0.2) is 23.4 Å². The van der Waals surface area contributed by atoms with Gasteiger partial charge in [0.15, 0.2) is 15.8 Å². The number of rotatable bonds is 6. The van der Waals surface area contributed by atoms with E-state index in [4.69, 9.17) is 0 Å². The van der Waals surface area contributed by atoms with Crippen LogP contribution in [0, 0.1) is 0 Å². The molecule has 13 heteroatoms. The second-order valence-electron chi connectivity index (χ2n) is 8.99. The predicted octanol–water partition coefficient (Wildman–Crippen LogP) is 2.81. The van der Waals surface area contributed by atoms with Gasteiger partial charge in [0, 0.05) is 36.9 Å². The lowest BCUT2D eigenvalue weighted by atomic mass is 10.1. The molecule has 2 N–H and O–H groups in total. The van der Waals surface area contributed by atoms with Crippen LogP contribution in [-0.4, -0.2) is 58.7 Å². The van der Waals surface area contributed by atoms with Gasteiger partial charge in [-0.25, -0.2) is 26.9 Å². The third-order valence-corrected chi connectivity index (χ3v) is 8.98. The highest BCUT2D eigenvalue weighted by atomic mass is 32.2. The average Bonchev–Trinajstić information content (AvgIpc) is 3.16. The van der Waals surface area contributed by atoms with Crippen molar-refractivity contribution in [1.82, 2.24) is 29.6 Å². The van der Waals surface area contributed by atoms with Crippen molar-refractivity contribution >= 4 is 32.6 Å². The lowest BCUT2D eigenvalue weighted by Crippen LogP contribution is -2.55. The Morgan fingerprint density at radius 2 is 2.06 bits per heavy atom. The minimum atomic E-state index is -3.82. The molecule has 3 aromatic rings. The molecule has 0 unspecified atom stereocenters. The van der Waals surface area contributed by atoms with Gasteiger partial charge in [-0.3, -0.25) is 4.40 Å². The van der Waals surface area contributed by atoms with Crippen LogP contribution in [0.25, 0.3) is 16.3 Å². The monoisotopic (exact) mass is 497 g/mol. The molecule has 1 saturated heterocycles.